The smallest absolute Gasteiger partial charge is 0.330 e. The van der Waals surface area contributed by atoms with E-state index in [9.17, 15) is 4.79 Å². The molecule has 0 spiro atoms. The molecular weight excluding hydrogens is 180 g/mol. The quantitative estimate of drug-likeness (QED) is 0.384. The maximum atomic E-state index is 11.1. The lowest BCUT2D eigenvalue weighted by atomic mass is 9.92. The lowest BCUT2D eigenvalue weighted by Crippen LogP contribution is -2.13. The van der Waals surface area contributed by atoms with Crippen LogP contribution in [0.15, 0.2) is 12.2 Å². The van der Waals surface area contributed by atoms with Gasteiger partial charge in [-0.1, -0.05) is 19.9 Å². The monoisotopic (exact) mass is 198 g/mol. The normalized spacial score (nSPS) is 22.7. The van der Waals surface area contributed by atoms with E-state index < -0.39 is 0 Å². The molecule has 1 heterocycles. The van der Waals surface area contributed by atoms with Crippen LogP contribution in [0.4, 0.5) is 0 Å². The van der Waals surface area contributed by atoms with Crippen LogP contribution in [-0.2, 0) is 14.3 Å². The first kappa shape index (κ1) is 11.2. The van der Waals surface area contributed by atoms with Crippen LogP contribution >= 0.6 is 0 Å². The third-order valence-electron chi connectivity index (χ3n) is 2.30. The SMILES string of the molecule is CCOC(=O)C=C[C@@H](C(C)C)[C@@H]1CO1. The van der Waals surface area contributed by atoms with Crippen LogP contribution in [0.2, 0.25) is 0 Å². The standard InChI is InChI=1S/C11H18O3/c1-4-13-11(12)6-5-9(8(2)3)10-7-14-10/h5-6,8-10H,4,7H2,1-3H3/t9-,10-/m0/s1. The van der Waals surface area contributed by atoms with E-state index in [0.29, 0.717) is 24.5 Å². The molecular formula is C11H18O3. The van der Waals surface area contributed by atoms with Crippen molar-refractivity contribution in [1.29, 1.82) is 0 Å². The van der Waals surface area contributed by atoms with Crippen LogP contribution in [0.5, 0.6) is 0 Å². The summed E-state index contributed by atoms with van der Waals surface area (Å²) < 4.78 is 10.0. The summed E-state index contributed by atoms with van der Waals surface area (Å²) in [5, 5.41) is 0. The maximum absolute atomic E-state index is 11.1. The number of esters is 1. The zero-order chi connectivity index (χ0) is 10.6. The van der Waals surface area contributed by atoms with E-state index in [0.717, 1.165) is 6.61 Å². The molecule has 14 heavy (non-hydrogen) atoms. The molecule has 2 atom stereocenters. The Kier molecular flexibility index (Phi) is 4.14. The van der Waals surface area contributed by atoms with E-state index in [1.165, 1.54) is 6.08 Å². The van der Waals surface area contributed by atoms with Gasteiger partial charge in [-0.15, -0.1) is 0 Å². The Bertz CT molecular complexity index is 215. The van der Waals surface area contributed by atoms with Gasteiger partial charge in [0.25, 0.3) is 0 Å². The van der Waals surface area contributed by atoms with E-state index in [1.807, 2.05) is 6.08 Å². The topological polar surface area (TPSA) is 38.8 Å². The van der Waals surface area contributed by atoms with Gasteiger partial charge < -0.3 is 9.47 Å². The fraction of sp³-hybridized carbons (Fsp3) is 0.727. The lowest BCUT2D eigenvalue weighted by molar-refractivity contribution is -0.137. The maximum Gasteiger partial charge on any atom is 0.330 e. The number of ether oxygens (including phenoxy) is 2. The van der Waals surface area contributed by atoms with Gasteiger partial charge in [0.2, 0.25) is 0 Å². The van der Waals surface area contributed by atoms with Crippen molar-refractivity contribution in [2.75, 3.05) is 13.2 Å². The molecule has 0 amide bonds. The lowest BCUT2D eigenvalue weighted by Gasteiger charge is -2.13. The molecule has 0 unspecified atom stereocenters. The number of carbonyl (C=O) groups excluding carboxylic acids is 1. The Balaban J connectivity index is 2.41. The van der Waals surface area contributed by atoms with Crippen molar-refractivity contribution in [3.05, 3.63) is 12.2 Å². The average molecular weight is 198 g/mol. The number of epoxide rings is 1. The fourth-order valence-corrected chi connectivity index (χ4v) is 1.43. The van der Waals surface area contributed by atoms with Gasteiger partial charge in [0.1, 0.15) is 0 Å². The highest BCUT2D eigenvalue weighted by molar-refractivity contribution is 5.81. The van der Waals surface area contributed by atoms with Gasteiger partial charge >= 0.3 is 5.97 Å². The molecule has 1 aliphatic heterocycles. The minimum absolute atomic E-state index is 0.265. The molecule has 1 aliphatic rings. The molecule has 0 radical (unpaired) electrons. The Labute approximate surface area is 85.1 Å². The molecule has 1 rings (SSSR count). The van der Waals surface area contributed by atoms with E-state index in [-0.39, 0.29) is 5.97 Å². The van der Waals surface area contributed by atoms with Crippen LogP contribution in [0, 0.1) is 11.8 Å². The first-order valence-electron chi connectivity index (χ1n) is 5.11. The highest BCUT2D eigenvalue weighted by Gasteiger charge is 2.32. The van der Waals surface area contributed by atoms with E-state index in [2.05, 4.69) is 13.8 Å². The van der Waals surface area contributed by atoms with Crippen molar-refractivity contribution in [2.24, 2.45) is 11.8 Å². The third-order valence-corrected chi connectivity index (χ3v) is 2.30. The summed E-state index contributed by atoms with van der Waals surface area (Å²) >= 11 is 0. The van der Waals surface area contributed by atoms with Gasteiger partial charge in [-0.2, -0.15) is 0 Å². The van der Waals surface area contributed by atoms with Gasteiger partial charge in [0.05, 0.1) is 19.3 Å². The molecule has 3 heteroatoms. The second-order valence-electron chi connectivity index (χ2n) is 3.80. The number of rotatable bonds is 5. The predicted molar refractivity (Wildman–Crippen MR) is 53.8 cm³/mol. The van der Waals surface area contributed by atoms with Crippen LogP contribution in [0.25, 0.3) is 0 Å². The molecule has 1 fully saturated rings. The molecule has 3 nitrogen and oxygen atoms in total. The van der Waals surface area contributed by atoms with Crippen molar-refractivity contribution in [3.63, 3.8) is 0 Å². The summed E-state index contributed by atoms with van der Waals surface area (Å²) in [6.07, 6.45) is 3.72. The van der Waals surface area contributed by atoms with Crippen molar-refractivity contribution >= 4 is 5.97 Å². The van der Waals surface area contributed by atoms with Crippen LogP contribution in [-0.4, -0.2) is 25.3 Å². The first-order chi connectivity index (χ1) is 6.65. The van der Waals surface area contributed by atoms with Crippen molar-refractivity contribution < 1.29 is 14.3 Å². The first-order valence-corrected chi connectivity index (χ1v) is 5.11. The van der Waals surface area contributed by atoms with Crippen molar-refractivity contribution in [1.82, 2.24) is 0 Å². The third kappa shape index (κ3) is 3.50. The van der Waals surface area contributed by atoms with Gasteiger partial charge in [-0.05, 0) is 12.8 Å². The van der Waals surface area contributed by atoms with Crippen molar-refractivity contribution in [3.8, 4) is 0 Å². The Morgan fingerprint density at radius 3 is 2.71 bits per heavy atom. The summed E-state index contributed by atoms with van der Waals surface area (Å²) in [5.41, 5.74) is 0. The molecule has 0 saturated carbocycles. The van der Waals surface area contributed by atoms with E-state index >= 15 is 0 Å². The minimum Gasteiger partial charge on any atom is -0.463 e. The molecule has 80 valence electrons. The summed E-state index contributed by atoms with van der Waals surface area (Å²) in [7, 11) is 0. The van der Waals surface area contributed by atoms with Crippen molar-refractivity contribution in [2.45, 2.75) is 26.9 Å². The summed E-state index contributed by atoms with van der Waals surface area (Å²) in [6, 6.07) is 0. The molecule has 0 aromatic heterocycles. The Morgan fingerprint density at radius 1 is 1.64 bits per heavy atom. The van der Waals surface area contributed by atoms with Gasteiger partial charge in [-0.25, -0.2) is 4.79 Å². The Morgan fingerprint density at radius 2 is 2.29 bits per heavy atom. The minimum atomic E-state index is -0.265. The molecule has 0 aromatic carbocycles. The van der Waals surface area contributed by atoms with E-state index in [4.69, 9.17) is 9.47 Å². The summed E-state index contributed by atoms with van der Waals surface area (Å²) in [4.78, 5) is 11.1. The summed E-state index contributed by atoms with van der Waals surface area (Å²) in [6.45, 7) is 7.30. The predicted octanol–water partition coefficient (Wildman–Crippen LogP) is 1.78. The zero-order valence-corrected chi connectivity index (χ0v) is 9.03. The average Bonchev–Trinajstić information content (AvgIpc) is 2.88. The molecule has 1 saturated heterocycles. The Hall–Kier alpha value is -0.830. The van der Waals surface area contributed by atoms with Gasteiger partial charge in [0, 0.05) is 12.0 Å². The molecule has 0 aliphatic carbocycles. The van der Waals surface area contributed by atoms with Crippen LogP contribution < -0.4 is 0 Å². The van der Waals surface area contributed by atoms with Crippen LogP contribution in [0.3, 0.4) is 0 Å². The van der Waals surface area contributed by atoms with Gasteiger partial charge in [-0.3, -0.25) is 0 Å². The zero-order valence-electron chi connectivity index (χ0n) is 9.03. The summed E-state index contributed by atoms with van der Waals surface area (Å²) in [5.74, 6) is 0.561. The highest BCUT2D eigenvalue weighted by atomic mass is 16.6. The molecule has 0 N–H and O–H groups in total. The van der Waals surface area contributed by atoms with E-state index in [1.54, 1.807) is 6.92 Å². The fourth-order valence-electron chi connectivity index (χ4n) is 1.43. The largest absolute Gasteiger partial charge is 0.463 e. The van der Waals surface area contributed by atoms with Gasteiger partial charge in [0.15, 0.2) is 0 Å². The second-order valence-corrected chi connectivity index (χ2v) is 3.80. The number of hydrogen-bond donors (Lipinski definition) is 0. The molecule has 0 aromatic rings. The highest BCUT2D eigenvalue weighted by Crippen LogP contribution is 2.27. The number of hydrogen-bond acceptors (Lipinski definition) is 3. The number of carbonyl (C=O) groups is 1. The van der Waals surface area contributed by atoms with Crippen LogP contribution in [0.1, 0.15) is 20.8 Å². The molecule has 0 bridgehead atoms. The second kappa shape index (κ2) is 5.15.